The second-order valence-corrected chi connectivity index (χ2v) is 11.8. The van der Waals surface area contributed by atoms with Crippen LogP contribution in [0.15, 0.2) is 24.3 Å². The van der Waals surface area contributed by atoms with Crippen LogP contribution in [0.1, 0.15) is 79.6 Å². The van der Waals surface area contributed by atoms with Crippen molar-refractivity contribution >= 4 is 0 Å². The molecule has 1 nitrogen and oxygen atoms in total. The minimum absolute atomic E-state index is 0.418. The molecule has 0 bridgehead atoms. The van der Waals surface area contributed by atoms with Gasteiger partial charge in [-0.1, -0.05) is 58.9 Å². The average molecular weight is 385 g/mol. The molecule has 158 valence electrons. The molecule has 0 unspecified atom stereocenters. The van der Waals surface area contributed by atoms with Gasteiger partial charge in [-0.05, 0) is 103 Å². The Morgan fingerprint density at radius 3 is 2.43 bits per heavy atom. The van der Waals surface area contributed by atoms with Crippen LogP contribution in [0, 0.1) is 58.2 Å². The highest BCUT2D eigenvalue weighted by Gasteiger charge is 2.60. The minimum atomic E-state index is 0.418. The van der Waals surface area contributed by atoms with Gasteiger partial charge >= 0.3 is 0 Å². The topological polar surface area (TPSA) is 20.2 Å². The van der Waals surface area contributed by atoms with Gasteiger partial charge in [0.2, 0.25) is 0 Å². The van der Waals surface area contributed by atoms with Gasteiger partial charge in [-0.2, -0.15) is 0 Å². The van der Waals surface area contributed by atoms with Crippen molar-refractivity contribution in [1.82, 2.24) is 0 Å². The third-order valence-corrected chi connectivity index (χ3v) is 10.00. The molecule has 28 heavy (non-hydrogen) atoms. The lowest BCUT2D eigenvalue weighted by molar-refractivity contribution is -0.0880. The number of fused-ring (bicyclic) bond motifs is 5. The number of aliphatic hydroxyl groups excluding tert-OH is 1. The molecule has 0 aromatic carbocycles. The van der Waals surface area contributed by atoms with Gasteiger partial charge in [-0.25, -0.2) is 0 Å². The van der Waals surface area contributed by atoms with Crippen LogP contribution in [0.3, 0.4) is 0 Å². The highest BCUT2D eigenvalue weighted by molar-refractivity contribution is 5.21. The molecule has 0 aromatic heterocycles. The summed E-state index contributed by atoms with van der Waals surface area (Å²) in [4.78, 5) is 0. The second kappa shape index (κ2) is 7.60. The van der Waals surface area contributed by atoms with Crippen molar-refractivity contribution in [3.05, 3.63) is 24.3 Å². The Kier molecular flexibility index (Phi) is 5.62. The molecular weight excluding hydrogens is 340 g/mol. The van der Waals surface area contributed by atoms with Crippen LogP contribution < -0.4 is 0 Å². The standard InChI is InChI=1S/C27H44O/c1-18(2)7-6-8-19(3)22-11-12-24-21-9-10-23-20(17-28)13-15-27(23,5)25(21)14-16-26(22,24)4/h6,8,11-12,18-25,28H,7,9-10,13-17H2,1-5H3/b8-6+/t19-,20-,21+,22-,23+,24+,25+,26-,27+/m1/s1. The molecule has 0 saturated heterocycles. The van der Waals surface area contributed by atoms with Gasteiger partial charge in [-0.15, -0.1) is 0 Å². The molecule has 9 atom stereocenters. The van der Waals surface area contributed by atoms with Gasteiger partial charge in [0.1, 0.15) is 0 Å². The maximum Gasteiger partial charge on any atom is 0.0462 e. The molecule has 0 amide bonds. The van der Waals surface area contributed by atoms with Crippen LogP contribution in [0.4, 0.5) is 0 Å². The zero-order valence-electron chi connectivity index (χ0n) is 19.0. The van der Waals surface area contributed by atoms with Crippen LogP contribution in [0.2, 0.25) is 0 Å². The van der Waals surface area contributed by atoms with Crippen molar-refractivity contribution in [2.45, 2.75) is 79.6 Å². The summed E-state index contributed by atoms with van der Waals surface area (Å²) in [5.41, 5.74) is 0.952. The Morgan fingerprint density at radius 2 is 1.71 bits per heavy atom. The Hall–Kier alpha value is -0.560. The minimum Gasteiger partial charge on any atom is -0.396 e. The highest BCUT2D eigenvalue weighted by Crippen LogP contribution is 2.68. The summed E-state index contributed by atoms with van der Waals surface area (Å²) in [6.45, 7) is 12.7. The lowest BCUT2D eigenvalue weighted by Crippen LogP contribution is -2.51. The highest BCUT2D eigenvalue weighted by atomic mass is 16.3. The molecule has 1 heteroatoms. The molecule has 1 N–H and O–H groups in total. The van der Waals surface area contributed by atoms with Gasteiger partial charge in [0.15, 0.2) is 0 Å². The van der Waals surface area contributed by atoms with Crippen molar-refractivity contribution in [2.24, 2.45) is 58.2 Å². The fraction of sp³-hybridized carbons (Fsp3) is 0.852. The number of hydrogen-bond acceptors (Lipinski definition) is 1. The first-order valence-corrected chi connectivity index (χ1v) is 12.3. The van der Waals surface area contributed by atoms with E-state index in [1.165, 1.54) is 44.9 Å². The molecule has 0 aromatic rings. The van der Waals surface area contributed by atoms with Crippen LogP contribution in [0.25, 0.3) is 0 Å². The number of aliphatic hydroxyl groups is 1. The molecule has 4 aliphatic carbocycles. The summed E-state index contributed by atoms with van der Waals surface area (Å²) >= 11 is 0. The SMILES string of the molecule is CC(C)C/C=C/[C@@H](C)[C@H]1C=C[C@H]2[C@@H]3CC[C@H]4[C@@H](CO)CC[C@]4(C)[C@H]3CC[C@]12C. The Bertz CT molecular complexity index is 618. The predicted molar refractivity (Wildman–Crippen MR) is 119 cm³/mol. The van der Waals surface area contributed by atoms with E-state index in [2.05, 4.69) is 58.9 Å². The first-order chi connectivity index (χ1) is 13.3. The van der Waals surface area contributed by atoms with Gasteiger partial charge in [0, 0.05) is 6.61 Å². The molecule has 0 spiro atoms. The maximum absolute atomic E-state index is 9.89. The van der Waals surface area contributed by atoms with Crippen molar-refractivity contribution in [2.75, 3.05) is 6.61 Å². The van der Waals surface area contributed by atoms with Crippen LogP contribution in [-0.4, -0.2) is 11.7 Å². The maximum atomic E-state index is 9.89. The molecule has 0 radical (unpaired) electrons. The van der Waals surface area contributed by atoms with Crippen molar-refractivity contribution in [3.63, 3.8) is 0 Å². The number of rotatable bonds is 5. The lowest BCUT2D eigenvalue weighted by atomic mass is 9.46. The van der Waals surface area contributed by atoms with E-state index in [1.807, 2.05) is 0 Å². The smallest absolute Gasteiger partial charge is 0.0462 e. The van der Waals surface area contributed by atoms with E-state index in [4.69, 9.17) is 0 Å². The van der Waals surface area contributed by atoms with E-state index >= 15 is 0 Å². The Morgan fingerprint density at radius 1 is 0.964 bits per heavy atom. The molecule has 3 fully saturated rings. The fourth-order valence-electron chi connectivity index (χ4n) is 8.50. The molecule has 4 aliphatic rings. The quantitative estimate of drug-likeness (QED) is 0.512. The van der Waals surface area contributed by atoms with Crippen LogP contribution >= 0.6 is 0 Å². The zero-order valence-corrected chi connectivity index (χ0v) is 19.0. The second-order valence-electron chi connectivity index (χ2n) is 11.8. The largest absolute Gasteiger partial charge is 0.396 e. The zero-order chi connectivity index (χ0) is 20.1. The first kappa shape index (κ1) is 20.7. The summed E-state index contributed by atoms with van der Waals surface area (Å²) in [7, 11) is 0. The fourth-order valence-corrected chi connectivity index (χ4v) is 8.50. The van der Waals surface area contributed by atoms with Gasteiger partial charge in [-0.3, -0.25) is 0 Å². The molecular formula is C27H44O. The van der Waals surface area contributed by atoms with E-state index in [0.29, 0.717) is 35.2 Å². The normalized spacial score (nSPS) is 48.7. The van der Waals surface area contributed by atoms with Crippen molar-refractivity contribution in [3.8, 4) is 0 Å². The lowest BCUT2D eigenvalue weighted by Gasteiger charge is -2.58. The molecule has 0 heterocycles. The Balaban J connectivity index is 1.51. The first-order valence-electron chi connectivity index (χ1n) is 12.3. The molecule has 0 aliphatic heterocycles. The van der Waals surface area contributed by atoms with Crippen molar-refractivity contribution in [1.29, 1.82) is 0 Å². The third-order valence-electron chi connectivity index (χ3n) is 10.00. The summed E-state index contributed by atoms with van der Waals surface area (Å²) in [5, 5.41) is 9.89. The van der Waals surface area contributed by atoms with E-state index in [9.17, 15) is 5.11 Å². The van der Waals surface area contributed by atoms with Gasteiger partial charge in [0.25, 0.3) is 0 Å². The van der Waals surface area contributed by atoms with Gasteiger partial charge in [0.05, 0.1) is 0 Å². The third kappa shape index (κ3) is 3.15. The Labute approximate surface area is 174 Å². The van der Waals surface area contributed by atoms with E-state index in [1.54, 1.807) is 0 Å². The van der Waals surface area contributed by atoms with E-state index in [-0.39, 0.29) is 0 Å². The van der Waals surface area contributed by atoms with Crippen molar-refractivity contribution < 1.29 is 5.11 Å². The molecule has 4 rings (SSSR count). The summed E-state index contributed by atoms with van der Waals surface area (Å²) in [5.74, 6) is 6.02. The van der Waals surface area contributed by atoms with E-state index < -0.39 is 0 Å². The predicted octanol–water partition coefficient (Wildman–Crippen LogP) is 6.88. The monoisotopic (exact) mass is 384 g/mol. The average Bonchev–Trinajstić information content (AvgIpc) is 3.17. The van der Waals surface area contributed by atoms with E-state index in [0.717, 1.165) is 29.6 Å². The van der Waals surface area contributed by atoms with Crippen LogP contribution in [-0.2, 0) is 0 Å². The summed E-state index contributed by atoms with van der Waals surface area (Å²) in [6, 6.07) is 0. The number of hydrogen-bond donors (Lipinski definition) is 1. The van der Waals surface area contributed by atoms with Gasteiger partial charge < -0.3 is 5.11 Å². The summed E-state index contributed by atoms with van der Waals surface area (Å²) in [6.07, 6.45) is 19.6. The summed E-state index contributed by atoms with van der Waals surface area (Å²) < 4.78 is 0. The molecule has 3 saturated carbocycles. The van der Waals surface area contributed by atoms with Crippen LogP contribution in [0.5, 0.6) is 0 Å². The number of allylic oxidation sites excluding steroid dienone is 4.